The smallest absolute Gasteiger partial charge is 0.387 e. The van der Waals surface area contributed by atoms with E-state index in [4.69, 9.17) is 11.6 Å². The summed E-state index contributed by atoms with van der Waals surface area (Å²) >= 11 is 5.84. The number of alkyl halides is 2. The molecule has 3 rings (SSSR count). The van der Waals surface area contributed by atoms with E-state index < -0.39 is 18.4 Å². The number of nitrogens with one attached hydrogen (secondary N) is 1. The van der Waals surface area contributed by atoms with E-state index in [1.165, 1.54) is 24.3 Å². The molecule has 1 unspecified atom stereocenters. The molecule has 136 valence electrons. The van der Waals surface area contributed by atoms with Crippen molar-refractivity contribution < 1.29 is 23.1 Å². The van der Waals surface area contributed by atoms with Crippen LogP contribution in [0.5, 0.6) is 5.75 Å². The van der Waals surface area contributed by atoms with Crippen LogP contribution in [0.4, 0.5) is 20.2 Å². The number of carbonyl (C=O) groups excluding carboxylic acids is 2. The van der Waals surface area contributed by atoms with Crippen LogP contribution >= 0.6 is 11.6 Å². The molecule has 1 heterocycles. The SMILES string of the molecule is O=C(Nc1ccc(OC(F)F)cc1)C1CCN(c2ccc(Cl)cc2)C1=O. The second kappa shape index (κ2) is 7.70. The van der Waals surface area contributed by atoms with E-state index in [-0.39, 0.29) is 11.7 Å². The Balaban J connectivity index is 1.63. The van der Waals surface area contributed by atoms with Crippen LogP contribution in [0.2, 0.25) is 5.02 Å². The average molecular weight is 381 g/mol. The van der Waals surface area contributed by atoms with Gasteiger partial charge in [-0.3, -0.25) is 9.59 Å². The zero-order valence-corrected chi connectivity index (χ0v) is 14.2. The number of carbonyl (C=O) groups is 2. The fourth-order valence-corrected chi connectivity index (χ4v) is 2.88. The molecule has 0 aromatic heterocycles. The van der Waals surface area contributed by atoms with E-state index in [9.17, 15) is 18.4 Å². The summed E-state index contributed by atoms with van der Waals surface area (Å²) < 4.78 is 28.5. The van der Waals surface area contributed by atoms with Crippen molar-refractivity contribution in [3.05, 3.63) is 53.6 Å². The van der Waals surface area contributed by atoms with E-state index in [0.717, 1.165) is 0 Å². The fraction of sp³-hybridized carbons (Fsp3) is 0.222. The molecule has 2 amide bonds. The first-order valence-electron chi connectivity index (χ1n) is 7.87. The van der Waals surface area contributed by atoms with Gasteiger partial charge in [-0.2, -0.15) is 8.78 Å². The second-order valence-electron chi connectivity index (χ2n) is 5.70. The van der Waals surface area contributed by atoms with Crippen LogP contribution in [0.3, 0.4) is 0 Å². The first-order valence-corrected chi connectivity index (χ1v) is 8.24. The van der Waals surface area contributed by atoms with Crippen molar-refractivity contribution >= 4 is 34.8 Å². The van der Waals surface area contributed by atoms with Gasteiger partial charge >= 0.3 is 6.61 Å². The molecule has 0 bridgehead atoms. The minimum atomic E-state index is -2.91. The number of ether oxygens (including phenoxy) is 1. The molecule has 1 aliphatic heterocycles. The molecule has 0 radical (unpaired) electrons. The molecule has 1 N–H and O–H groups in total. The normalized spacial score (nSPS) is 16.8. The maximum atomic E-state index is 12.5. The summed E-state index contributed by atoms with van der Waals surface area (Å²) in [6.45, 7) is -2.48. The van der Waals surface area contributed by atoms with E-state index in [2.05, 4.69) is 10.1 Å². The topological polar surface area (TPSA) is 58.6 Å². The van der Waals surface area contributed by atoms with Crippen LogP contribution < -0.4 is 15.0 Å². The van der Waals surface area contributed by atoms with Crippen molar-refractivity contribution in [2.24, 2.45) is 5.92 Å². The number of rotatable bonds is 5. The van der Waals surface area contributed by atoms with E-state index in [1.807, 2.05) is 0 Å². The molecule has 0 spiro atoms. The third kappa shape index (κ3) is 4.11. The fourth-order valence-electron chi connectivity index (χ4n) is 2.75. The maximum Gasteiger partial charge on any atom is 0.387 e. The molecule has 1 saturated heterocycles. The second-order valence-corrected chi connectivity index (χ2v) is 6.14. The lowest BCUT2D eigenvalue weighted by atomic mass is 10.1. The van der Waals surface area contributed by atoms with Crippen molar-refractivity contribution in [1.29, 1.82) is 0 Å². The largest absolute Gasteiger partial charge is 0.435 e. The lowest BCUT2D eigenvalue weighted by Gasteiger charge is -2.17. The standard InChI is InChI=1S/C18H15ClF2N2O3/c19-11-1-5-13(6-2-11)23-10-9-15(17(23)25)16(24)22-12-3-7-14(8-4-12)26-18(20)21/h1-8,15,18H,9-10H2,(H,22,24). The van der Waals surface area contributed by atoms with Crippen molar-refractivity contribution in [2.45, 2.75) is 13.0 Å². The number of hydrogen-bond acceptors (Lipinski definition) is 3. The van der Waals surface area contributed by atoms with Crippen LogP contribution in [-0.2, 0) is 9.59 Å². The minimum absolute atomic E-state index is 0.0103. The van der Waals surface area contributed by atoms with Gasteiger partial charge in [0.25, 0.3) is 0 Å². The molecule has 26 heavy (non-hydrogen) atoms. The molecule has 1 atom stereocenters. The molecule has 5 nitrogen and oxygen atoms in total. The maximum absolute atomic E-state index is 12.5. The third-order valence-electron chi connectivity index (χ3n) is 4.01. The summed E-state index contributed by atoms with van der Waals surface area (Å²) in [5.74, 6) is -1.54. The molecule has 1 fully saturated rings. The highest BCUT2D eigenvalue weighted by atomic mass is 35.5. The van der Waals surface area contributed by atoms with Gasteiger partial charge in [0.2, 0.25) is 11.8 Å². The lowest BCUT2D eigenvalue weighted by molar-refractivity contribution is -0.129. The Morgan fingerprint density at radius 3 is 2.42 bits per heavy atom. The summed E-state index contributed by atoms with van der Waals surface area (Å²) in [7, 11) is 0. The first-order chi connectivity index (χ1) is 12.4. The molecular weight excluding hydrogens is 366 g/mol. The van der Waals surface area contributed by atoms with Crippen molar-refractivity contribution in [1.82, 2.24) is 0 Å². The van der Waals surface area contributed by atoms with Gasteiger partial charge in [-0.1, -0.05) is 11.6 Å². The highest BCUT2D eigenvalue weighted by Crippen LogP contribution is 2.27. The van der Waals surface area contributed by atoms with Gasteiger partial charge in [-0.25, -0.2) is 0 Å². The number of anilines is 2. The van der Waals surface area contributed by atoms with Gasteiger partial charge in [0, 0.05) is 22.9 Å². The monoisotopic (exact) mass is 380 g/mol. The number of nitrogens with zero attached hydrogens (tertiary/aromatic N) is 1. The highest BCUT2D eigenvalue weighted by Gasteiger charge is 2.37. The lowest BCUT2D eigenvalue weighted by Crippen LogP contribution is -2.33. The summed E-state index contributed by atoms with van der Waals surface area (Å²) in [6.07, 6.45) is 0.389. The molecule has 2 aromatic rings. The van der Waals surface area contributed by atoms with E-state index in [0.29, 0.717) is 29.4 Å². The van der Waals surface area contributed by atoms with Gasteiger partial charge in [-0.15, -0.1) is 0 Å². The van der Waals surface area contributed by atoms with E-state index >= 15 is 0 Å². The van der Waals surface area contributed by atoms with Gasteiger partial charge < -0.3 is 15.0 Å². The van der Waals surface area contributed by atoms with Crippen LogP contribution in [-0.4, -0.2) is 25.0 Å². The Morgan fingerprint density at radius 2 is 1.81 bits per heavy atom. The molecular formula is C18H15ClF2N2O3. The molecule has 8 heteroatoms. The van der Waals surface area contributed by atoms with Gasteiger partial charge in [0.05, 0.1) is 0 Å². The zero-order chi connectivity index (χ0) is 18.7. The van der Waals surface area contributed by atoms with Gasteiger partial charge in [0.15, 0.2) is 0 Å². The molecule has 1 aliphatic rings. The number of halogens is 3. The molecule has 0 saturated carbocycles. The van der Waals surface area contributed by atoms with Crippen LogP contribution in [0, 0.1) is 5.92 Å². The van der Waals surface area contributed by atoms with Gasteiger partial charge in [0.1, 0.15) is 11.7 Å². The Morgan fingerprint density at radius 1 is 1.15 bits per heavy atom. The Bertz CT molecular complexity index is 797. The van der Waals surface area contributed by atoms with Crippen molar-refractivity contribution in [3.63, 3.8) is 0 Å². The van der Waals surface area contributed by atoms with Crippen LogP contribution in [0.15, 0.2) is 48.5 Å². The average Bonchev–Trinajstić information content (AvgIpc) is 2.98. The molecule has 2 aromatic carbocycles. The first kappa shape index (κ1) is 18.1. The molecule has 0 aliphatic carbocycles. The van der Waals surface area contributed by atoms with Gasteiger partial charge in [-0.05, 0) is 55.0 Å². The van der Waals surface area contributed by atoms with Crippen molar-refractivity contribution in [3.8, 4) is 5.75 Å². The Labute approximate surface area is 153 Å². The quantitative estimate of drug-likeness (QED) is 0.799. The summed E-state index contributed by atoms with van der Waals surface area (Å²) in [5.41, 5.74) is 1.08. The Kier molecular flexibility index (Phi) is 5.37. The van der Waals surface area contributed by atoms with E-state index in [1.54, 1.807) is 29.2 Å². The Hall–Kier alpha value is -2.67. The number of benzene rings is 2. The predicted octanol–water partition coefficient (Wildman–Crippen LogP) is 3.93. The third-order valence-corrected chi connectivity index (χ3v) is 4.26. The highest BCUT2D eigenvalue weighted by molar-refractivity contribution is 6.30. The van der Waals surface area contributed by atoms with Crippen molar-refractivity contribution in [2.75, 3.05) is 16.8 Å². The number of amides is 2. The minimum Gasteiger partial charge on any atom is -0.435 e. The zero-order valence-electron chi connectivity index (χ0n) is 13.5. The predicted molar refractivity (Wildman–Crippen MR) is 93.6 cm³/mol. The number of hydrogen-bond donors (Lipinski definition) is 1. The summed E-state index contributed by atoms with van der Waals surface area (Å²) in [4.78, 5) is 26.5. The summed E-state index contributed by atoms with van der Waals surface area (Å²) in [5, 5.41) is 3.19. The van der Waals surface area contributed by atoms with Crippen LogP contribution in [0.1, 0.15) is 6.42 Å². The summed E-state index contributed by atoms with van der Waals surface area (Å²) in [6, 6.07) is 12.3. The van der Waals surface area contributed by atoms with Crippen LogP contribution in [0.25, 0.3) is 0 Å².